The van der Waals surface area contributed by atoms with Gasteiger partial charge in [-0.05, 0) is 186 Å². The number of nitrogens with two attached hydrogens (primary N) is 2. The molecule has 0 aliphatic heterocycles. The van der Waals surface area contributed by atoms with Crippen molar-refractivity contribution in [3.63, 3.8) is 0 Å². The minimum atomic E-state index is -3.08. The van der Waals surface area contributed by atoms with E-state index in [4.69, 9.17) is 30.4 Å². The zero-order chi connectivity index (χ0) is 54.9. The van der Waals surface area contributed by atoms with Crippen LogP contribution in [0, 0.1) is 17.3 Å². The summed E-state index contributed by atoms with van der Waals surface area (Å²) in [4.78, 5) is 54.8. The predicted molar refractivity (Wildman–Crippen MR) is 306 cm³/mol. The Bertz CT molecular complexity index is 2490. The lowest BCUT2D eigenvalue weighted by Crippen LogP contribution is -2.57. The van der Waals surface area contributed by atoms with Crippen LogP contribution < -0.4 is 20.9 Å². The van der Waals surface area contributed by atoms with Crippen LogP contribution >= 0.6 is 0 Å². The van der Waals surface area contributed by atoms with Crippen LogP contribution in [0.2, 0.25) is 0 Å². The molecule has 12 nitrogen and oxygen atoms in total. The molecule has 4 aromatic carbocycles. The first-order valence-electron chi connectivity index (χ1n) is 27.9. The summed E-state index contributed by atoms with van der Waals surface area (Å²) in [6.07, 6.45) is 26.3. The van der Waals surface area contributed by atoms with Gasteiger partial charge in [0.1, 0.15) is 11.5 Å². The van der Waals surface area contributed by atoms with Crippen LogP contribution in [0.3, 0.4) is 0 Å². The van der Waals surface area contributed by atoms with E-state index in [1.807, 2.05) is 12.2 Å². The highest BCUT2D eigenvalue weighted by atomic mass is 16.5. The molecule has 6 rings (SSSR count). The number of ketones is 2. The Hall–Kier alpha value is -6.44. The van der Waals surface area contributed by atoms with Crippen molar-refractivity contribution in [2.75, 3.05) is 24.7 Å². The predicted octanol–water partition coefficient (Wildman–Crippen LogP) is 12.5. The Morgan fingerprint density at radius 3 is 1.31 bits per heavy atom. The molecule has 77 heavy (non-hydrogen) atoms. The number of carbonyl (C=O) groups is 4. The van der Waals surface area contributed by atoms with E-state index in [2.05, 4.69) is 13.2 Å². The molecule has 0 heterocycles. The topological polar surface area (TPSA) is 198 Å². The van der Waals surface area contributed by atoms with E-state index >= 15 is 0 Å². The smallest absolute Gasteiger partial charge is 0.314 e. The van der Waals surface area contributed by atoms with Crippen molar-refractivity contribution in [3.05, 3.63) is 157 Å². The van der Waals surface area contributed by atoms with E-state index < -0.39 is 29.2 Å². The minimum Gasteiger partial charge on any atom is -0.426 e. The number of ether oxygens (including phenoxy) is 4. The lowest BCUT2D eigenvalue weighted by molar-refractivity contribution is -0.230. The molecular formula is C65H82N2O10. The average molecular weight is 1050 g/mol. The molecule has 6 N–H and O–H groups in total. The summed E-state index contributed by atoms with van der Waals surface area (Å²) in [6, 6.07) is 27.1. The number of allylic oxidation sites excluding steroid dienone is 3. The third kappa shape index (κ3) is 19.5. The van der Waals surface area contributed by atoms with Gasteiger partial charge in [0.05, 0.1) is 24.0 Å². The number of unbranched alkanes of at least 4 members (excludes halogenated alkanes) is 8. The molecule has 0 saturated heterocycles. The summed E-state index contributed by atoms with van der Waals surface area (Å²) in [5, 5.41) is 24.6. The van der Waals surface area contributed by atoms with Crippen LogP contribution in [0.25, 0.3) is 12.2 Å². The van der Waals surface area contributed by atoms with Crippen LogP contribution in [-0.2, 0) is 41.5 Å². The first-order chi connectivity index (χ1) is 37.2. The third-order valence-corrected chi connectivity index (χ3v) is 15.1. The van der Waals surface area contributed by atoms with E-state index in [0.29, 0.717) is 70.8 Å². The average Bonchev–Trinajstić information content (AvgIpc) is 3.46. The van der Waals surface area contributed by atoms with E-state index in [9.17, 15) is 29.4 Å². The number of benzene rings is 4. The summed E-state index contributed by atoms with van der Waals surface area (Å²) in [5.41, 5.74) is 13.7. The molecule has 2 aliphatic carbocycles. The van der Waals surface area contributed by atoms with E-state index in [1.165, 1.54) is 25.0 Å². The standard InChI is InChI=1S/C65H82N2O10/c1-3-5-7-9-11-13-43-74-57-38-25-52(26-39-57)62(70)76-59-34-20-48(21-35-59)19-33-56(68)47-64(45-50-15-29-54(66)30-16-50,46-51-17-31-55(67)32-18-51)65(72,73)61(69)42-24-49-22-36-60(37-23-49)77-63(71)53-27-40-58(41-28-53)75-44-14-12-10-8-6-4-2/h3-4,15-24,29-37,42,52-53,57-58,72-73H,1-2,5-14,25-28,38-41,43-47,66-67H2. The second-order valence-electron chi connectivity index (χ2n) is 21.1. The highest BCUT2D eigenvalue weighted by Crippen LogP contribution is 2.43. The SMILES string of the molecule is C=CCCCCCCOC1CCC(C(=O)Oc2ccc(C=CC(=O)CC(Cc3ccc(N)cc3)(Cc3ccc(N)cc3)C(O)(O)C(=O)C=Cc3ccc(OC(=O)C4CCC(OCCCCCCC=C)CC4)cc3)cc2)CC1. The van der Waals surface area contributed by atoms with Crippen LogP contribution in [0.15, 0.2) is 135 Å². The fourth-order valence-corrected chi connectivity index (χ4v) is 10.4. The summed E-state index contributed by atoms with van der Waals surface area (Å²) >= 11 is 0. The fourth-order valence-electron chi connectivity index (χ4n) is 10.4. The molecule has 12 heteroatoms. The Kier molecular flexibility index (Phi) is 24.1. The van der Waals surface area contributed by atoms with Crippen molar-refractivity contribution < 1.29 is 48.3 Å². The van der Waals surface area contributed by atoms with Gasteiger partial charge in [0.2, 0.25) is 11.6 Å². The highest BCUT2D eigenvalue weighted by molar-refractivity contribution is 6.01. The molecule has 2 aliphatic rings. The van der Waals surface area contributed by atoms with E-state index in [-0.39, 0.29) is 48.8 Å². The van der Waals surface area contributed by atoms with Gasteiger partial charge < -0.3 is 40.6 Å². The molecule has 2 saturated carbocycles. The molecule has 0 spiro atoms. The molecule has 412 valence electrons. The number of rotatable bonds is 32. The molecule has 4 aromatic rings. The molecule has 2 fully saturated rings. The molecule has 0 bridgehead atoms. The van der Waals surface area contributed by atoms with Crippen molar-refractivity contribution in [2.24, 2.45) is 17.3 Å². The Morgan fingerprint density at radius 2 is 0.909 bits per heavy atom. The van der Waals surface area contributed by atoms with Crippen molar-refractivity contribution in [2.45, 2.75) is 153 Å². The van der Waals surface area contributed by atoms with Gasteiger partial charge in [-0.3, -0.25) is 19.2 Å². The van der Waals surface area contributed by atoms with Crippen LogP contribution in [0.5, 0.6) is 11.5 Å². The van der Waals surface area contributed by atoms with Gasteiger partial charge in [0.15, 0.2) is 5.78 Å². The minimum absolute atomic E-state index is 0.0965. The maximum absolute atomic E-state index is 14.3. The third-order valence-electron chi connectivity index (χ3n) is 15.1. The number of hydrogen-bond donors (Lipinski definition) is 4. The first-order valence-corrected chi connectivity index (χ1v) is 27.9. The maximum atomic E-state index is 14.3. The van der Waals surface area contributed by atoms with Gasteiger partial charge in [0.25, 0.3) is 0 Å². The summed E-state index contributed by atoms with van der Waals surface area (Å²) in [7, 11) is 0. The van der Waals surface area contributed by atoms with E-state index in [1.54, 1.807) is 103 Å². The largest absolute Gasteiger partial charge is 0.426 e. The summed E-state index contributed by atoms with van der Waals surface area (Å²) in [5.74, 6) is -4.82. The Labute approximate surface area is 456 Å². The Morgan fingerprint density at radius 1 is 0.519 bits per heavy atom. The lowest BCUT2D eigenvalue weighted by atomic mass is 9.65. The van der Waals surface area contributed by atoms with Crippen LogP contribution in [0.4, 0.5) is 11.4 Å². The second-order valence-corrected chi connectivity index (χ2v) is 21.1. The highest BCUT2D eigenvalue weighted by Gasteiger charge is 2.54. The van der Waals surface area contributed by atoms with Crippen molar-refractivity contribution >= 4 is 47.0 Å². The maximum Gasteiger partial charge on any atom is 0.314 e. The van der Waals surface area contributed by atoms with Gasteiger partial charge in [-0.25, -0.2) is 0 Å². The second kappa shape index (κ2) is 31.1. The number of hydrogen-bond acceptors (Lipinski definition) is 12. The number of esters is 2. The van der Waals surface area contributed by atoms with Gasteiger partial charge in [-0.2, -0.15) is 0 Å². The fraction of sp³-hybridized carbons (Fsp3) is 0.446. The molecule has 0 atom stereocenters. The number of nitrogen functional groups attached to an aromatic ring is 2. The normalized spacial score (nSPS) is 18.0. The number of carbonyl (C=O) groups excluding carboxylic acids is 4. The van der Waals surface area contributed by atoms with Crippen LogP contribution in [-0.4, -0.2) is 64.9 Å². The van der Waals surface area contributed by atoms with Crippen molar-refractivity contribution in [1.29, 1.82) is 0 Å². The first kappa shape index (κ1) is 59.8. The number of anilines is 2. The molecular weight excluding hydrogens is 969 g/mol. The van der Waals surface area contributed by atoms with Gasteiger partial charge in [0, 0.05) is 36.4 Å². The molecule has 0 radical (unpaired) electrons. The quantitative estimate of drug-likeness (QED) is 0.00688. The van der Waals surface area contributed by atoms with Crippen molar-refractivity contribution in [1.82, 2.24) is 0 Å². The van der Waals surface area contributed by atoms with E-state index in [0.717, 1.165) is 96.3 Å². The Balaban J connectivity index is 1.08. The summed E-state index contributed by atoms with van der Waals surface area (Å²) < 4.78 is 23.7. The van der Waals surface area contributed by atoms with Gasteiger partial charge in [-0.1, -0.05) is 98.5 Å². The molecule has 0 aromatic heterocycles. The van der Waals surface area contributed by atoms with Gasteiger partial charge >= 0.3 is 11.9 Å². The molecule has 0 amide bonds. The van der Waals surface area contributed by atoms with Crippen molar-refractivity contribution in [3.8, 4) is 11.5 Å². The number of aliphatic hydroxyl groups is 2. The molecule has 0 unspecified atom stereocenters. The lowest BCUT2D eigenvalue weighted by Gasteiger charge is -2.42. The van der Waals surface area contributed by atoms with Gasteiger partial charge in [-0.15, -0.1) is 13.2 Å². The zero-order valence-electron chi connectivity index (χ0n) is 45.0. The summed E-state index contributed by atoms with van der Waals surface area (Å²) in [6.45, 7) is 9.03. The monoisotopic (exact) mass is 1050 g/mol. The van der Waals surface area contributed by atoms with Crippen LogP contribution in [0.1, 0.15) is 144 Å². The zero-order valence-corrected chi connectivity index (χ0v) is 45.0.